The number of aromatic nitrogens is 2. The molecule has 0 aliphatic heterocycles. The summed E-state index contributed by atoms with van der Waals surface area (Å²) in [5.74, 6) is 0. The largest absolute Gasteiger partial charge is 0.309 e. The molecule has 58 heavy (non-hydrogen) atoms. The zero-order valence-corrected chi connectivity index (χ0v) is 31.7. The molecule has 2 heterocycles. The predicted molar refractivity (Wildman–Crippen MR) is 246 cm³/mol. The van der Waals surface area contributed by atoms with Gasteiger partial charge < -0.3 is 9.13 Å². The summed E-state index contributed by atoms with van der Waals surface area (Å²) in [6, 6.07) is 80.0. The fourth-order valence-corrected chi connectivity index (χ4v) is 9.44. The van der Waals surface area contributed by atoms with Gasteiger partial charge in [0.25, 0.3) is 0 Å². The fraction of sp³-hybridized carbons (Fsp3) is 0. The molecule has 0 saturated heterocycles. The molecular weight excluding hydrogens is 701 g/mol. The molecule has 2 heteroatoms. The highest BCUT2D eigenvalue weighted by Crippen LogP contribution is 2.42. The van der Waals surface area contributed by atoms with E-state index < -0.39 is 0 Å². The monoisotopic (exact) mass is 736 g/mol. The SMILES string of the molecule is c1ccc(-c2ccc(-n3c4ccccc4c4ccc(-c5ccc6c7ccccc7n(-c7ccccc7-c7cc8ccccc8c8ccccc78)c6c5)cc43)cc2)cc1. The van der Waals surface area contributed by atoms with E-state index in [1.54, 1.807) is 0 Å². The van der Waals surface area contributed by atoms with Crippen LogP contribution in [0, 0.1) is 0 Å². The number of fused-ring (bicyclic) bond motifs is 9. The fourth-order valence-electron chi connectivity index (χ4n) is 9.44. The van der Waals surface area contributed by atoms with Crippen molar-refractivity contribution in [3.63, 3.8) is 0 Å². The van der Waals surface area contributed by atoms with E-state index in [0.717, 1.165) is 5.69 Å². The summed E-state index contributed by atoms with van der Waals surface area (Å²) in [5, 5.41) is 10.0. The van der Waals surface area contributed by atoms with Crippen LogP contribution in [0.5, 0.6) is 0 Å². The number of para-hydroxylation sites is 3. The zero-order valence-electron chi connectivity index (χ0n) is 31.7. The van der Waals surface area contributed by atoms with Gasteiger partial charge in [-0.3, -0.25) is 0 Å². The lowest BCUT2D eigenvalue weighted by Crippen LogP contribution is -1.98. The third-order valence-electron chi connectivity index (χ3n) is 12.1. The standard InChI is InChI=1S/C56H36N2/c1-2-14-37(15-3-1)38-26-30-42(31-27-38)57-52-23-11-8-20-46(52)49-32-28-39(35-55(49)57)40-29-33-50-47-21-9-12-24-53(47)58(56(50)36-40)54-25-13-10-22-48(54)51-34-41-16-4-5-17-43(41)44-18-6-7-19-45(44)51/h1-36H. The van der Waals surface area contributed by atoms with Crippen molar-refractivity contribution in [2.45, 2.75) is 0 Å². The Labute approximate surface area is 336 Å². The lowest BCUT2D eigenvalue weighted by atomic mass is 9.92. The summed E-state index contributed by atoms with van der Waals surface area (Å²) in [7, 11) is 0. The molecule has 0 unspecified atom stereocenters. The highest BCUT2D eigenvalue weighted by molar-refractivity contribution is 6.16. The Bertz CT molecular complexity index is 3550. The first-order chi connectivity index (χ1) is 28.8. The van der Waals surface area contributed by atoms with Crippen molar-refractivity contribution in [1.82, 2.24) is 9.13 Å². The van der Waals surface area contributed by atoms with Crippen molar-refractivity contribution < 1.29 is 0 Å². The van der Waals surface area contributed by atoms with Crippen LogP contribution < -0.4 is 0 Å². The van der Waals surface area contributed by atoms with Crippen molar-refractivity contribution >= 4 is 65.2 Å². The molecule has 0 spiro atoms. The molecule has 0 fully saturated rings. The average Bonchev–Trinajstić information content (AvgIpc) is 3.81. The van der Waals surface area contributed by atoms with Crippen LogP contribution in [0.4, 0.5) is 0 Å². The second kappa shape index (κ2) is 12.9. The Morgan fingerprint density at radius 2 is 0.724 bits per heavy atom. The molecule has 270 valence electrons. The molecule has 2 aromatic heterocycles. The molecular formula is C56H36N2. The number of nitrogens with zero attached hydrogens (tertiary/aromatic N) is 2. The minimum Gasteiger partial charge on any atom is -0.309 e. The predicted octanol–water partition coefficient (Wildman–Crippen LogP) is 15.2. The van der Waals surface area contributed by atoms with Crippen LogP contribution in [-0.2, 0) is 0 Å². The van der Waals surface area contributed by atoms with Crippen LogP contribution in [0.15, 0.2) is 218 Å². The topological polar surface area (TPSA) is 9.86 Å². The second-order valence-corrected chi connectivity index (χ2v) is 15.3. The van der Waals surface area contributed by atoms with Crippen LogP contribution in [0.1, 0.15) is 0 Å². The lowest BCUT2D eigenvalue weighted by Gasteiger charge is -2.17. The minimum absolute atomic E-state index is 1.15. The van der Waals surface area contributed by atoms with Gasteiger partial charge in [0.15, 0.2) is 0 Å². The maximum absolute atomic E-state index is 2.48. The van der Waals surface area contributed by atoms with Gasteiger partial charge in [0.2, 0.25) is 0 Å². The van der Waals surface area contributed by atoms with E-state index in [2.05, 4.69) is 228 Å². The molecule has 2 nitrogen and oxygen atoms in total. The van der Waals surface area contributed by atoms with Gasteiger partial charge in [-0.25, -0.2) is 0 Å². The molecule has 0 radical (unpaired) electrons. The number of hydrogen-bond acceptors (Lipinski definition) is 0. The maximum atomic E-state index is 2.48. The summed E-state index contributed by atoms with van der Waals surface area (Å²) in [4.78, 5) is 0. The molecule has 0 saturated carbocycles. The zero-order chi connectivity index (χ0) is 38.2. The quantitative estimate of drug-likeness (QED) is 0.156. The Morgan fingerprint density at radius 3 is 1.43 bits per heavy atom. The van der Waals surface area contributed by atoms with Crippen molar-refractivity contribution in [2.75, 3.05) is 0 Å². The molecule has 0 aliphatic carbocycles. The summed E-state index contributed by atoms with van der Waals surface area (Å²) >= 11 is 0. The van der Waals surface area contributed by atoms with Gasteiger partial charge >= 0.3 is 0 Å². The first-order valence-electron chi connectivity index (χ1n) is 20.0. The van der Waals surface area contributed by atoms with Crippen molar-refractivity contribution in [1.29, 1.82) is 0 Å². The summed E-state index contributed by atoms with van der Waals surface area (Å²) < 4.78 is 4.90. The van der Waals surface area contributed by atoms with Gasteiger partial charge in [-0.05, 0) is 97.9 Å². The Balaban J connectivity index is 1.06. The third kappa shape index (κ3) is 4.99. The van der Waals surface area contributed by atoms with Crippen molar-refractivity contribution in [2.24, 2.45) is 0 Å². The van der Waals surface area contributed by atoms with Gasteiger partial charge in [0, 0.05) is 32.8 Å². The van der Waals surface area contributed by atoms with E-state index in [-0.39, 0.29) is 0 Å². The van der Waals surface area contributed by atoms with Gasteiger partial charge in [-0.1, -0.05) is 170 Å². The molecule has 0 atom stereocenters. The van der Waals surface area contributed by atoms with Crippen LogP contribution in [0.3, 0.4) is 0 Å². The second-order valence-electron chi connectivity index (χ2n) is 15.3. The highest BCUT2D eigenvalue weighted by atomic mass is 15.0. The summed E-state index contributed by atoms with van der Waals surface area (Å²) in [5.41, 5.74) is 14.4. The third-order valence-corrected chi connectivity index (χ3v) is 12.1. The molecule has 0 bridgehead atoms. The van der Waals surface area contributed by atoms with E-state index in [9.17, 15) is 0 Å². The molecule has 12 aromatic rings. The molecule has 10 aromatic carbocycles. The van der Waals surface area contributed by atoms with E-state index in [1.165, 1.54) is 104 Å². The van der Waals surface area contributed by atoms with Crippen LogP contribution >= 0.6 is 0 Å². The van der Waals surface area contributed by atoms with Crippen LogP contribution in [-0.4, -0.2) is 9.13 Å². The van der Waals surface area contributed by atoms with Crippen LogP contribution in [0.2, 0.25) is 0 Å². The first-order valence-corrected chi connectivity index (χ1v) is 20.0. The first kappa shape index (κ1) is 32.6. The van der Waals surface area contributed by atoms with Crippen molar-refractivity contribution in [3.05, 3.63) is 218 Å². The Kier molecular flexibility index (Phi) is 7.26. The van der Waals surface area contributed by atoms with Crippen LogP contribution in [0.25, 0.3) is 110 Å². The summed E-state index contributed by atoms with van der Waals surface area (Å²) in [6.07, 6.45) is 0. The van der Waals surface area contributed by atoms with E-state index in [4.69, 9.17) is 0 Å². The van der Waals surface area contributed by atoms with E-state index in [0.29, 0.717) is 0 Å². The number of rotatable bonds is 5. The maximum Gasteiger partial charge on any atom is 0.0547 e. The van der Waals surface area contributed by atoms with Crippen molar-refractivity contribution in [3.8, 4) is 44.8 Å². The molecule has 12 rings (SSSR count). The van der Waals surface area contributed by atoms with Gasteiger partial charge in [0.1, 0.15) is 0 Å². The minimum atomic E-state index is 1.15. The highest BCUT2D eigenvalue weighted by Gasteiger charge is 2.19. The Morgan fingerprint density at radius 1 is 0.241 bits per heavy atom. The van der Waals surface area contributed by atoms with Gasteiger partial charge in [-0.2, -0.15) is 0 Å². The van der Waals surface area contributed by atoms with E-state index in [1.807, 2.05) is 0 Å². The molecule has 0 aliphatic rings. The number of benzene rings is 10. The van der Waals surface area contributed by atoms with E-state index >= 15 is 0 Å². The lowest BCUT2D eigenvalue weighted by molar-refractivity contribution is 1.18. The smallest absolute Gasteiger partial charge is 0.0547 e. The Hall–Kier alpha value is -7.68. The average molecular weight is 737 g/mol. The van der Waals surface area contributed by atoms with Gasteiger partial charge in [0.05, 0.1) is 27.8 Å². The normalized spacial score (nSPS) is 11.8. The van der Waals surface area contributed by atoms with Gasteiger partial charge in [-0.15, -0.1) is 0 Å². The molecule has 0 amide bonds. The number of hydrogen-bond donors (Lipinski definition) is 0. The summed E-state index contributed by atoms with van der Waals surface area (Å²) in [6.45, 7) is 0. The molecule has 0 N–H and O–H groups in total.